The number of fused-ring (bicyclic) bond motifs is 1. The maximum absolute atomic E-state index is 11.9. The second kappa shape index (κ2) is 6.32. The van der Waals surface area contributed by atoms with Crippen molar-refractivity contribution >= 4 is 23.0 Å². The van der Waals surface area contributed by atoms with Crippen LogP contribution < -0.4 is 10.1 Å². The van der Waals surface area contributed by atoms with Crippen molar-refractivity contribution in [1.82, 2.24) is 5.32 Å². The number of rotatable bonds is 5. The summed E-state index contributed by atoms with van der Waals surface area (Å²) < 4.78 is 5.53. The summed E-state index contributed by atoms with van der Waals surface area (Å²) in [6, 6.07) is 9.33. The summed E-state index contributed by atoms with van der Waals surface area (Å²) in [7, 11) is 0. The van der Waals surface area contributed by atoms with Crippen molar-refractivity contribution in [3.63, 3.8) is 0 Å². The van der Waals surface area contributed by atoms with Gasteiger partial charge >= 0.3 is 0 Å². The number of carbonyl (C=O) groups is 2. The van der Waals surface area contributed by atoms with Gasteiger partial charge < -0.3 is 10.1 Å². The van der Waals surface area contributed by atoms with Crippen LogP contribution in [0.2, 0.25) is 0 Å². The number of hydrogen-bond acceptors (Lipinski definition) is 4. The van der Waals surface area contributed by atoms with E-state index in [1.165, 1.54) is 0 Å². The maximum atomic E-state index is 11.9. The molecule has 0 aliphatic heterocycles. The third kappa shape index (κ3) is 3.20. The molecule has 1 aliphatic carbocycles. The summed E-state index contributed by atoms with van der Waals surface area (Å²) in [5.41, 5.74) is 1.79. The molecule has 1 atom stereocenters. The van der Waals surface area contributed by atoms with Crippen molar-refractivity contribution in [2.75, 3.05) is 6.61 Å². The molecule has 1 aliphatic rings. The summed E-state index contributed by atoms with van der Waals surface area (Å²) in [5, 5.41) is 4.89. The SMILES string of the molecule is C[C@H](NC(=O)COc1ccc2c(c1)CCC2=O)c1cccs1. The van der Waals surface area contributed by atoms with Gasteiger partial charge in [-0.15, -0.1) is 11.3 Å². The van der Waals surface area contributed by atoms with E-state index in [0.717, 1.165) is 22.4 Å². The molecule has 22 heavy (non-hydrogen) atoms. The Morgan fingerprint density at radius 1 is 1.36 bits per heavy atom. The first-order chi connectivity index (χ1) is 10.6. The van der Waals surface area contributed by atoms with Gasteiger partial charge in [0.2, 0.25) is 0 Å². The Morgan fingerprint density at radius 3 is 3.00 bits per heavy atom. The van der Waals surface area contributed by atoms with Gasteiger partial charge in [0, 0.05) is 16.9 Å². The zero-order valence-electron chi connectivity index (χ0n) is 12.3. The zero-order chi connectivity index (χ0) is 15.5. The molecule has 0 spiro atoms. The number of hydrogen-bond donors (Lipinski definition) is 1. The Hall–Kier alpha value is -2.14. The van der Waals surface area contributed by atoms with Crippen molar-refractivity contribution in [3.05, 3.63) is 51.7 Å². The van der Waals surface area contributed by atoms with Crippen LogP contribution in [0.15, 0.2) is 35.7 Å². The van der Waals surface area contributed by atoms with Crippen molar-refractivity contribution in [1.29, 1.82) is 0 Å². The Labute approximate surface area is 133 Å². The standard InChI is InChI=1S/C17H17NO3S/c1-11(16-3-2-8-22-16)18-17(20)10-21-13-5-6-14-12(9-13)4-7-15(14)19/h2-3,5-6,8-9,11H,4,7,10H2,1H3,(H,18,20)/t11-/m0/s1. The van der Waals surface area contributed by atoms with Gasteiger partial charge in [0.25, 0.3) is 5.91 Å². The van der Waals surface area contributed by atoms with E-state index in [0.29, 0.717) is 12.2 Å². The van der Waals surface area contributed by atoms with Gasteiger partial charge in [0.05, 0.1) is 6.04 Å². The number of amides is 1. The molecule has 3 rings (SSSR count). The maximum Gasteiger partial charge on any atom is 0.258 e. The molecule has 0 saturated heterocycles. The number of Topliss-reactive ketones (excluding diaryl/α,β-unsaturated/α-hetero) is 1. The molecule has 0 unspecified atom stereocenters. The average Bonchev–Trinajstić information content (AvgIpc) is 3.15. The largest absolute Gasteiger partial charge is 0.484 e. The van der Waals surface area contributed by atoms with Crippen LogP contribution in [0.4, 0.5) is 0 Å². The number of nitrogens with one attached hydrogen (secondary N) is 1. The first-order valence-corrected chi connectivity index (χ1v) is 8.13. The first-order valence-electron chi connectivity index (χ1n) is 7.25. The lowest BCUT2D eigenvalue weighted by molar-refractivity contribution is -0.123. The molecule has 1 aromatic heterocycles. The van der Waals surface area contributed by atoms with Gasteiger partial charge in [-0.1, -0.05) is 6.07 Å². The molecule has 2 aromatic rings. The number of carbonyl (C=O) groups excluding carboxylic acids is 2. The molecular formula is C17H17NO3S. The third-order valence-electron chi connectivity index (χ3n) is 3.72. The first kappa shape index (κ1) is 14.8. The predicted molar refractivity (Wildman–Crippen MR) is 85.5 cm³/mol. The Balaban J connectivity index is 1.54. The van der Waals surface area contributed by atoms with E-state index in [4.69, 9.17) is 4.74 Å². The van der Waals surface area contributed by atoms with Crippen LogP contribution in [-0.2, 0) is 11.2 Å². The normalized spacial score (nSPS) is 14.5. The van der Waals surface area contributed by atoms with Gasteiger partial charge in [0.1, 0.15) is 5.75 Å². The molecule has 0 fully saturated rings. The molecule has 1 heterocycles. The van der Waals surface area contributed by atoms with Crippen LogP contribution in [0, 0.1) is 0 Å². The van der Waals surface area contributed by atoms with Crippen LogP contribution in [0.3, 0.4) is 0 Å². The fraction of sp³-hybridized carbons (Fsp3) is 0.294. The average molecular weight is 315 g/mol. The highest BCUT2D eigenvalue weighted by Crippen LogP contribution is 2.26. The van der Waals surface area contributed by atoms with Gasteiger partial charge in [-0.3, -0.25) is 9.59 Å². The third-order valence-corrected chi connectivity index (χ3v) is 4.77. The second-order valence-corrected chi connectivity index (χ2v) is 6.31. The molecule has 114 valence electrons. The lowest BCUT2D eigenvalue weighted by Crippen LogP contribution is -2.30. The second-order valence-electron chi connectivity index (χ2n) is 5.34. The predicted octanol–water partition coefficient (Wildman–Crippen LogP) is 3.13. The van der Waals surface area contributed by atoms with E-state index >= 15 is 0 Å². The molecule has 0 saturated carbocycles. The number of ether oxygens (including phenoxy) is 1. The number of ketones is 1. The number of aryl methyl sites for hydroxylation is 1. The molecule has 0 radical (unpaired) electrons. The smallest absolute Gasteiger partial charge is 0.258 e. The van der Waals surface area contributed by atoms with Crippen molar-refractivity contribution in [2.24, 2.45) is 0 Å². The lowest BCUT2D eigenvalue weighted by Gasteiger charge is -2.13. The fourth-order valence-electron chi connectivity index (χ4n) is 2.56. The van der Waals surface area contributed by atoms with Crippen LogP contribution >= 0.6 is 11.3 Å². The highest BCUT2D eigenvalue weighted by Gasteiger charge is 2.19. The quantitative estimate of drug-likeness (QED) is 0.922. The van der Waals surface area contributed by atoms with Crippen LogP contribution in [0.5, 0.6) is 5.75 Å². The Bertz CT molecular complexity index is 694. The minimum atomic E-state index is -0.155. The van der Waals surface area contributed by atoms with E-state index in [1.807, 2.05) is 30.5 Å². The number of benzene rings is 1. The lowest BCUT2D eigenvalue weighted by atomic mass is 10.1. The molecular weight excluding hydrogens is 298 g/mol. The highest BCUT2D eigenvalue weighted by molar-refractivity contribution is 7.10. The molecule has 1 aromatic carbocycles. The minimum Gasteiger partial charge on any atom is -0.484 e. The van der Waals surface area contributed by atoms with Crippen LogP contribution in [0.25, 0.3) is 0 Å². The van der Waals surface area contributed by atoms with Crippen molar-refractivity contribution in [3.8, 4) is 5.75 Å². The highest BCUT2D eigenvalue weighted by atomic mass is 32.1. The molecule has 4 nitrogen and oxygen atoms in total. The molecule has 1 amide bonds. The molecule has 0 bridgehead atoms. The van der Waals surface area contributed by atoms with Crippen molar-refractivity contribution in [2.45, 2.75) is 25.8 Å². The summed E-state index contributed by atoms with van der Waals surface area (Å²) in [6.45, 7) is 1.92. The summed E-state index contributed by atoms with van der Waals surface area (Å²) in [4.78, 5) is 24.6. The van der Waals surface area contributed by atoms with Crippen LogP contribution in [-0.4, -0.2) is 18.3 Å². The van der Waals surface area contributed by atoms with E-state index in [-0.39, 0.29) is 24.3 Å². The Kier molecular flexibility index (Phi) is 4.24. The van der Waals surface area contributed by atoms with E-state index in [2.05, 4.69) is 5.32 Å². The molecule has 5 heteroatoms. The Morgan fingerprint density at radius 2 is 2.23 bits per heavy atom. The topological polar surface area (TPSA) is 55.4 Å². The minimum absolute atomic E-state index is 0.0197. The van der Waals surface area contributed by atoms with E-state index in [1.54, 1.807) is 23.5 Å². The summed E-state index contributed by atoms with van der Waals surface area (Å²) in [6.07, 6.45) is 1.32. The summed E-state index contributed by atoms with van der Waals surface area (Å²) in [5.74, 6) is 0.661. The zero-order valence-corrected chi connectivity index (χ0v) is 13.1. The van der Waals surface area contributed by atoms with Gasteiger partial charge in [-0.25, -0.2) is 0 Å². The van der Waals surface area contributed by atoms with Crippen LogP contribution in [0.1, 0.15) is 40.2 Å². The van der Waals surface area contributed by atoms with Gasteiger partial charge in [-0.05, 0) is 48.6 Å². The molecule has 1 N–H and O–H groups in total. The van der Waals surface area contributed by atoms with E-state index in [9.17, 15) is 9.59 Å². The number of thiophene rings is 1. The van der Waals surface area contributed by atoms with Gasteiger partial charge in [-0.2, -0.15) is 0 Å². The van der Waals surface area contributed by atoms with Crippen molar-refractivity contribution < 1.29 is 14.3 Å². The monoisotopic (exact) mass is 315 g/mol. The summed E-state index contributed by atoms with van der Waals surface area (Å²) >= 11 is 1.61. The van der Waals surface area contributed by atoms with E-state index < -0.39 is 0 Å². The van der Waals surface area contributed by atoms with Gasteiger partial charge in [0.15, 0.2) is 12.4 Å². The fourth-order valence-corrected chi connectivity index (χ4v) is 3.30.